The van der Waals surface area contributed by atoms with E-state index in [4.69, 9.17) is 4.74 Å². The van der Waals surface area contributed by atoms with Crippen molar-refractivity contribution in [3.05, 3.63) is 0 Å². The smallest absolute Gasteiger partial charge is 0.305 e. The summed E-state index contributed by atoms with van der Waals surface area (Å²) in [6, 6.07) is 0.438. The minimum absolute atomic E-state index is 0.142. The number of esters is 1. The van der Waals surface area contributed by atoms with E-state index >= 15 is 0 Å². The predicted octanol–water partition coefficient (Wildman–Crippen LogP) is 0.954. The Morgan fingerprint density at radius 2 is 2.14 bits per heavy atom. The van der Waals surface area contributed by atoms with Crippen molar-refractivity contribution >= 4 is 5.97 Å². The lowest BCUT2D eigenvalue weighted by atomic mass is 10.2. The van der Waals surface area contributed by atoms with Gasteiger partial charge in [0.2, 0.25) is 0 Å². The fourth-order valence-corrected chi connectivity index (χ4v) is 1.08. The van der Waals surface area contributed by atoms with Crippen LogP contribution in [0.3, 0.4) is 0 Å². The van der Waals surface area contributed by atoms with E-state index in [9.17, 15) is 4.79 Å². The molecule has 1 atom stereocenters. The van der Waals surface area contributed by atoms with E-state index in [1.54, 1.807) is 7.11 Å². The van der Waals surface area contributed by atoms with Crippen LogP contribution in [0.25, 0.3) is 0 Å². The molecule has 0 aromatic rings. The summed E-state index contributed by atoms with van der Waals surface area (Å²) in [5.41, 5.74) is 0. The number of nitrogens with one attached hydrogen (secondary N) is 1. The van der Waals surface area contributed by atoms with Crippen molar-refractivity contribution in [2.75, 3.05) is 27.4 Å². The molecule has 0 spiro atoms. The molecule has 1 unspecified atom stereocenters. The Bertz CT molecular complexity index is 150. The molecule has 0 bridgehead atoms. The van der Waals surface area contributed by atoms with Gasteiger partial charge in [0, 0.05) is 26.2 Å². The second kappa shape index (κ2) is 8.97. The Hall–Kier alpha value is -0.610. The summed E-state index contributed by atoms with van der Waals surface area (Å²) in [5.74, 6) is -0.142. The highest BCUT2D eigenvalue weighted by atomic mass is 16.5. The van der Waals surface area contributed by atoms with Crippen molar-refractivity contribution in [2.24, 2.45) is 0 Å². The van der Waals surface area contributed by atoms with Crippen molar-refractivity contribution in [1.82, 2.24) is 5.32 Å². The highest BCUT2D eigenvalue weighted by Gasteiger charge is 2.02. The van der Waals surface area contributed by atoms with E-state index in [0.29, 0.717) is 12.5 Å². The first-order chi connectivity index (χ1) is 6.70. The van der Waals surface area contributed by atoms with Gasteiger partial charge in [-0.3, -0.25) is 4.79 Å². The van der Waals surface area contributed by atoms with Gasteiger partial charge in [0.05, 0.1) is 7.11 Å². The fourth-order valence-electron chi connectivity index (χ4n) is 1.08. The van der Waals surface area contributed by atoms with Crippen LogP contribution in [0.5, 0.6) is 0 Å². The highest BCUT2D eigenvalue weighted by molar-refractivity contribution is 5.69. The molecule has 0 radical (unpaired) electrons. The Kier molecular flexibility index (Phi) is 8.57. The average Bonchev–Trinajstić information content (AvgIpc) is 2.21. The molecule has 0 aromatic heterocycles. The summed E-state index contributed by atoms with van der Waals surface area (Å²) in [6.07, 6.45) is 2.30. The lowest BCUT2D eigenvalue weighted by Gasteiger charge is -2.12. The third-order valence-electron chi connectivity index (χ3n) is 2.03. The molecule has 0 aromatic carbocycles. The van der Waals surface area contributed by atoms with Crippen LogP contribution in [-0.2, 0) is 14.3 Å². The second-order valence-corrected chi connectivity index (χ2v) is 3.32. The maximum atomic E-state index is 10.8. The average molecular weight is 203 g/mol. The van der Waals surface area contributed by atoms with Crippen molar-refractivity contribution in [3.8, 4) is 0 Å². The summed E-state index contributed by atoms with van der Waals surface area (Å²) in [6.45, 7) is 3.72. The monoisotopic (exact) mass is 203 g/mol. The highest BCUT2D eigenvalue weighted by Crippen LogP contribution is 1.94. The summed E-state index contributed by atoms with van der Waals surface area (Å²) >= 11 is 0. The third kappa shape index (κ3) is 8.01. The van der Waals surface area contributed by atoms with E-state index in [1.165, 1.54) is 7.11 Å². The van der Waals surface area contributed by atoms with Gasteiger partial charge in [-0.25, -0.2) is 0 Å². The minimum Gasteiger partial charge on any atom is -0.469 e. The van der Waals surface area contributed by atoms with Crippen LogP contribution in [0.1, 0.15) is 26.2 Å². The van der Waals surface area contributed by atoms with Gasteiger partial charge in [-0.05, 0) is 26.3 Å². The fraction of sp³-hybridized carbons (Fsp3) is 0.900. The number of rotatable bonds is 8. The van der Waals surface area contributed by atoms with Gasteiger partial charge < -0.3 is 14.8 Å². The van der Waals surface area contributed by atoms with E-state index in [2.05, 4.69) is 17.0 Å². The van der Waals surface area contributed by atoms with Crippen LogP contribution < -0.4 is 5.32 Å². The molecular weight excluding hydrogens is 182 g/mol. The Morgan fingerprint density at radius 3 is 2.71 bits per heavy atom. The van der Waals surface area contributed by atoms with Crippen molar-refractivity contribution in [3.63, 3.8) is 0 Å². The summed E-state index contributed by atoms with van der Waals surface area (Å²) in [5, 5.41) is 3.31. The lowest BCUT2D eigenvalue weighted by molar-refractivity contribution is -0.140. The second-order valence-electron chi connectivity index (χ2n) is 3.32. The molecule has 0 saturated heterocycles. The molecule has 0 aliphatic rings. The van der Waals surface area contributed by atoms with E-state index < -0.39 is 0 Å². The SMILES string of the molecule is COCCC(C)NCCCC(=O)OC. The molecule has 0 rings (SSSR count). The topological polar surface area (TPSA) is 47.6 Å². The molecule has 84 valence electrons. The number of ether oxygens (including phenoxy) is 2. The van der Waals surface area contributed by atoms with Crippen LogP contribution >= 0.6 is 0 Å². The molecule has 0 saturated carbocycles. The summed E-state index contributed by atoms with van der Waals surface area (Å²) < 4.78 is 9.50. The van der Waals surface area contributed by atoms with Crippen LogP contribution in [0.15, 0.2) is 0 Å². The van der Waals surface area contributed by atoms with Gasteiger partial charge in [-0.2, -0.15) is 0 Å². The van der Waals surface area contributed by atoms with Gasteiger partial charge in [-0.1, -0.05) is 0 Å². The maximum absolute atomic E-state index is 10.8. The Balaban J connectivity index is 3.22. The third-order valence-corrected chi connectivity index (χ3v) is 2.03. The van der Waals surface area contributed by atoms with Crippen LogP contribution in [0, 0.1) is 0 Å². The number of hydrogen-bond donors (Lipinski definition) is 1. The van der Waals surface area contributed by atoms with Crippen molar-refractivity contribution in [1.29, 1.82) is 0 Å². The zero-order valence-corrected chi connectivity index (χ0v) is 9.34. The Morgan fingerprint density at radius 1 is 1.43 bits per heavy atom. The van der Waals surface area contributed by atoms with Crippen LogP contribution in [0.2, 0.25) is 0 Å². The maximum Gasteiger partial charge on any atom is 0.305 e. The first-order valence-corrected chi connectivity index (χ1v) is 4.99. The number of methoxy groups -OCH3 is 2. The molecule has 4 nitrogen and oxygen atoms in total. The van der Waals surface area contributed by atoms with Gasteiger partial charge >= 0.3 is 5.97 Å². The van der Waals surface area contributed by atoms with Crippen LogP contribution in [-0.4, -0.2) is 39.4 Å². The lowest BCUT2D eigenvalue weighted by Crippen LogP contribution is -2.28. The van der Waals surface area contributed by atoms with Crippen LogP contribution in [0.4, 0.5) is 0 Å². The number of carbonyl (C=O) groups is 1. The summed E-state index contributed by atoms with van der Waals surface area (Å²) in [7, 11) is 3.11. The van der Waals surface area contributed by atoms with Gasteiger partial charge in [0.15, 0.2) is 0 Å². The first kappa shape index (κ1) is 13.4. The summed E-state index contributed by atoms with van der Waals surface area (Å²) in [4.78, 5) is 10.8. The van der Waals surface area contributed by atoms with E-state index in [0.717, 1.165) is 26.0 Å². The van der Waals surface area contributed by atoms with E-state index in [-0.39, 0.29) is 5.97 Å². The normalized spacial score (nSPS) is 12.5. The molecule has 4 heteroatoms. The molecule has 0 heterocycles. The quantitative estimate of drug-likeness (QED) is 0.471. The zero-order valence-electron chi connectivity index (χ0n) is 9.34. The van der Waals surface area contributed by atoms with Gasteiger partial charge in [0.25, 0.3) is 0 Å². The van der Waals surface area contributed by atoms with Gasteiger partial charge in [0.1, 0.15) is 0 Å². The molecular formula is C10H21NO3. The minimum atomic E-state index is -0.142. The molecule has 0 amide bonds. The van der Waals surface area contributed by atoms with Gasteiger partial charge in [-0.15, -0.1) is 0 Å². The largest absolute Gasteiger partial charge is 0.469 e. The molecule has 1 N–H and O–H groups in total. The predicted molar refractivity (Wildman–Crippen MR) is 55.2 cm³/mol. The Labute approximate surface area is 86.0 Å². The number of hydrogen-bond acceptors (Lipinski definition) is 4. The van der Waals surface area contributed by atoms with Crippen molar-refractivity contribution < 1.29 is 14.3 Å². The number of carbonyl (C=O) groups excluding carboxylic acids is 1. The molecule has 0 fully saturated rings. The zero-order chi connectivity index (χ0) is 10.8. The van der Waals surface area contributed by atoms with Crippen molar-refractivity contribution in [2.45, 2.75) is 32.2 Å². The molecule has 0 aliphatic heterocycles. The first-order valence-electron chi connectivity index (χ1n) is 4.99. The molecule has 0 aliphatic carbocycles. The molecule has 14 heavy (non-hydrogen) atoms. The van der Waals surface area contributed by atoms with E-state index in [1.807, 2.05) is 0 Å². The standard InChI is InChI=1S/C10H21NO3/c1-9(6-8-13-2)11-7-4-5-10(12)14-3/h9,11H,4-8H2,1-3H3.